The molecule has 1 atom stereocenters. The molecule has 15 heavy (non-hydrogen) atoms. The van der Waals surface area contributed by atoms with Gasteiger partial charge in [-0.1, -0.05) is 12.5 Å². The highest BCUT2D eigenvalue weighted by Crippen LogP contribution is 2.12. The van der Waals surface area contributed by atoms with Gasteiger partial charge in [0.2, 0.25) is 0 Å². The Balaban J connectivity index is 2.07. The van der Waals surface area contributed by atoms with E-state index in [9.17, 15) is 0 Å². The van der Waals surface area contributed by atoms with Gasteiger partial charge in [0.25, 0.3) is 0 Å². The zero-order valence-corrected chi connectivity index (χ0v) is 9.36. The van der Waals surface area contributed by atoms with Gasteiger partial charge in [-0.05, 0) is 25.7 Å². The van der Waals surface area contributed by atoms with E-state index >= 15 is 0 Å². The SMILES string of the molecule is C=CCCCCCC1NC=CN1CCO. The average molecular weight is 210 g/mol. The second-order valence-electron chi connectivity index (χ2n) is 3.89. The van der Waals surface area contributed by atoms with Crippen LogP contribution >= 0.6 is 0 Å². The minimum Gasteiger partial charge on any atom is -0.395 e. The highest BCUT2D eigenvalue weighted by Gasteiger charge is 2.16. The highest BCUT2D eigenvalue weighted by atomic mass is 16.3. The molecule has 1 unspecified atom stereocenters. The summed E-state index contributed by atoms with van der Waals surface area (Å²) in [4.78, 5) is 2.16. The van der Waals surface area contributed by atoms with E-state index in [2.05, 4.69) is 16.8 Å². The van der Waals surface area contributed by atoms with Gasteiger partial charge in [0.1, 0.15) is 0 Å². The molecular weight excluding hydrogens is 188 g/mol. The third-order valence-corrected chi connectivity index (χ3v) is 2.70. The lowest BCUT2D eigenvalue weighted by molar-refractivity contribution is 0.194. The van der Waals surface area contributed by atoms with E-state index in [4.69, 9.17) is 5.11 Å². The highest BCUT2D eigenvalue weighted by molar-refractivity contribution is 4.93. The molecule has 3 heteroatoms. The number of unbranched alkanes of at least 4 members (excludes halogenated alkanes) is 3. The van der Waals surface area contributed by atoms with Crippen LogP contribution in [-0.4, -0.2) is 29.3 Å². The van der Waals surface area contributed by atoms with Gasteiger partial charge in [0, 0.05) is 18.9 Å². The van der Waals surface area contributed by atoms with Crippen molar-refractivity contribution in [1.29, 1.82) is 0 Å². The molecule has 86 valence electrons. The third kappa shape index (κ3) is 4.38. The van der Waals surface area contributed by atoms with Gasteiger partial charge in [-0.25, -0.2) is 0 Å². The fourth-order valence-corrected chi connectivity index (χ4v) is 1.85. The predicted octanol–water partition coefficient (Wildman–Crippen LogP) is 1.82. The van der Waals surface area contributed by atoms with E-state index in [-0.39, 0.29) is 6.61 Å². The van der Waals surface area contributed by atoms with Crippen molar-refractivity contribution in [3.05, 3.63) is 25.1 Å². The summed E-state index contributed by atoms with van der Waals surface area (Å²) in [5.41, 5.74) is 0. The van der Waals surface area contributed by atoms with Crippen molar-refractivity contribution in [2.75, 3.05) is 13.2 Å². The van der Waals surface area contributed by atoms with Crippen LogP contribution in [0, 0.1) is 0 Å². The van der Waals surface area contributed by atoms with Gasteiger partial charge in [0.05, 0.1) is 12.8 Å². The normalized spacial score (nSPS) is 19.3. The minimum absolute atomic E-state index is 0.221. The molecule has 1 aliphatic heterocycles. The van der Waals surface area contributed by atoms with Crippen LogP contribution in [0.1, 0.15) is 32.1 Å². The first-order chi connectivity index (χ1) is 7.38. The Hall–Kier alpha value is -0.960. The van der Waals surface area contributed by atoms with Crippen LogP contribution in [0.3, 0.4) is 0 Å². The number of hydrogen-bond donors (Lipinski definition) is 2. The number of aliphatic hydroxyl groups excluding tert-OH is 1. The van der Waals surface area contributed by atoms with Gasteiger partial charge in [0.15, 0.2) is 0 Å². The maximum atomic E-state index is 8.87. The van der Waals surface area contributed by atoms with Crippen molar-refractivity contribution in [2.45, 2.75) is 38.3 Å². The molecule has 0 radical (unpaired) electrons. The lowest BCUT2D eigenvalue weighted by Crippen LogP contribution is -2.36. The van der Waals surface area contributed by atoms with E-state index in [1.807, 2.05) is 18.5 Å². The molecule has 2 N–H and O–H groups in total. The lowest BCUT2D eigenvalue weighted by atomic mass is 10.1. The lowest BCUT2D eigenvalue weighted by Gasteiger charge is -2.24. The van der Waals surface area contributed by atoms with Crippen molar-refractivity contribution in [2.24, 2.45) is 0 Å². The number of nitrogens with one attached hydrogen (secondary N) is 1. The molecule has 0 saturated carbocycles. The molecule has 0 aromatic rings. The molecule has 0 spiro atoms. The Morgan fingerprint density at radius 3 is 3.00 bits per heavy atom. The topological polar surface area (TPSA) is 35.5 Å². The molecule has 0 aromatic heterocycles. The van der Waals surface area contributed by atoms with Crippen LogP contribution < -0.4 is 5.32 Å². The van der Waals surface area contributed by atoms with Crippen molar-refractivity contribution in [1.82, 2.24) is 10.2 Å². The molecule has 0 aromatic carbocycles. The molecule has 0 fully saturated rings. The smallest absolute Gasteiger partial charge is 0.0982 e. The second kappa shape index (κ2) is 7.35. The summed E-state index contributed by atoms with van der Waals surface area (Å²) in [5, 5.41) is 12.2. The largest absolute Gasteiger partial charge is 0.395 e. The molecule has 1 rings (SSSR count). The van der Waals surface area contributed by atoms with Crippen LogP contribution in [0.15, 0.2) is 25.1 Å². The number of allylic oxidation sites excluding steroid dienone is 1. The minimum atomic E-state index is 0.221. The quantitative estimate of drug-likeness (QED) is 0.474. The maximum Gasteiger partial charge on any atom is 0.0982 e. The summed E-state index contributed by atoms with van der Waals surface area (Å²) in [6.45, 7) is 4.66. The van der Waals surface area contributed by atoms with E-state index in [0.29, 0.717) is 6.17 Å². The summed E-state index contributed by atoms with van der Waals surface area (Å²) in [6.07, 6.45) is 12.3. The van der Waals surface area contributed by atoms with E-state index in [1.54, 1.807) is 0 Å². The zero-order chi connectivity index (χ0) is 10.9. The molecule has 0 aliphatic carbocycles. The van der Waals surface area contributed by atoms with Gasteiger partial charge < -0.3 is 15.3 Å². The summed E-state index contributed by atoms with van der Waals surface area (Å²) in [6, 6.07) is 0. The average Bonchev–Trinajstić information content (AvgIpc) is 2.66. The standard InChI is InChI=1S/C12H22N2O/c1-2-3-4-5-6-7-12-13-8-9-14(12)10-11-15/h2,8-9,12-13,15H,1,3-7,10-11H2. The van der Waals surface area contributed by atoms with Crippen molar-refractivity contribution < 1.29 is 5.11 Å². The van der Waals surface area contributed by atoms with Gasteiger partial charge in [-0.2, -0.15) is 0 Å². The van der Waals surface area contributed by atoms with E-state index in [1.165, 1.54) is 19.3 Å². The summed E-state index contributed by atoms with van der Waals surface area (Å²) >= 11 is 0. The predicted molar refractivity (Wildman–Crippen MR) is 63.1 cm³/mol. The zero-order valence-electron chi connectivity index (χ0n) is 9.36. The molecule has 3 nitrogen and oxygen atoms in total. The first kappa shape index (κ1) is 12.1. The number of β-amino-alcohol motifs (C(OH)–C–C–N with tert-alkyl or cyclic N) is 1. The monoisotopic (exact) mass is 210 g/mol. The van der Waals surface area contributed by atoms with Crippen LogP contribution in [0.4, 0.5) is 0 Å². The van der Waals surface area contributed by atoms with Crippen LogP contribution in [0.2, 0.25) is 0 Å². The Bertz CT molecular complexity index is 204. The van der Waals surface area contributed by atoms with Crippen LogP contribution in [0.25, 0.3) is 0 Å². The van der Waals surface area contributed by atoms with E-state index < -0.39 is 0 Å². The van der Waals surface area contributed by atoms with Crippen LogP contribution in [-0.2, 0) is 0 Å². The number of nitrogens with zero attached hydrogens (tertiary/aromatic N) is 1. The van der Waals surface area contributed by atoms with Gasteiger partial charge in [-0.3, -0.25) is 0 Å². The number of rotatable bonds is 8. The van der Waals surface area contributed by atoms with Crippen LogP contribution in [0.5, 0.6) is 0 Å². The summed E-state index contributed by atoms with van der Waals surface area (Å²) in [5.74, 6) is 0. The van der Waals surface area contributed by atoms with E-state index in [0.717, 1.165) is 19.4 Å². The molecule has 0 amide bonds. The summed E-state index contributed by atoms with van der Waals surface area (Å²) < 4.78 is 0. The third-order valence-electron chi connectivity index (χ3n) is 2.70. The Kier molecular flexibility index (Phi) is 5.93. The Labute approximate surface area is 92.5 Å². The molecule has 0 saturated heterocycles. The Morgan fingerprint density at radius 2 is 2.27 bits per heavy atom. The first-order valence-electron chi connectivity index (χ1n) is 5.78. The second-order valence-corrected chi connectivity index (χ2v) is 3.89. The first-order valence-corrected chi connectivity index (χ1v) is 5.78. The molecular formula is C12H22N2O. The van der Waals surface area contributed by atoms with Gasteiger partial charge in [-0.15, -0.1) is 6.58 Å². The van der Waals surface area contributed by atoms with Gasteiger partial charge >= 0.3 is 0 Å². The summed E-state index contributed by atoms with van der Waals surface area (Å²) in [7, 11) is 0. The van der Waals surface area contributed by atoms with Crippen molar-refractivity contribution in [3.63, 3.8) is 0 Å². The molecule has 1 aliphatic rings. The van der Waals surface area contributed by atoms with Crippen molar-refractivity contribution >= 4 is 0 Å². The fraction of sp³-hybridized carbons (Fsp3) is 0.667. The number of aliphatic hydroxyl groups is 1. The fourth-order valence-electron chi connectivity index (χ4n) is 1.85. The molecule has 0 bridgehead atoms. The Morgan fingerprint density at radius 1 is 1.40 bits per heavy atom. The molecule has 1 heterocycles. The number of hydrogen-bond acceptors (Lipinski definition) is 3. The maximum absolute atomic E-state index is 8.87. The van der Waals surface area contributed by atoms with Crippen molar-refractivity contribution in [3.8, 4) is 0 Å².